The number of methoxy groups -OCH3 is 1. The Balaban J connectivity index is 3.17. The molecule has 0 heterocycles. The van der Waals surface area contributed by atoms with E-state index < -0.39 is 0 Å². The first-order valence-corrected chi connectivity index (χ1v) is 2.56. The second-order valence-electron chi connectivity index (χ2n) is 0.989. The van der Waals surface area contributed by atoms with Crippen molar-refractivity contribution < 1.29 is 4.74 Å². The molecule has 0 bridgehead atoms. The summed E-state index contributed by atoms with van der Waals surface area (Å²) < 4.78 is 4.61. The summed E-state index contributed by atoms with van der Waals surface area (Å²) in [5.41, 5.74) is 1.28. The van der Waals surface area contributed by atoms with Crippen molar-refractivity contribution in [1.29, 1.82) is 0 Å². The largest absolute Gasteiger partial charge is 0.379 e. The topological polar surface area (TPSA) is 9.23 Å². The second kappa shape index (κ2) is 4.44. The molecule has 42 valence electrons. The summed E-state index contributed by atoms with van der Waals surface area (Å²) in [6.07, 6.45) is 0. The Morgan fingerprint density at radius 3 is 2.57 bits per heavy atom. The van der Waals surface area contributed by atoms with Gasteiger partial charge < -0.3 is 4.74 Å². The van der Waals surface area contributed by atoms with Crippen LogP contribution in [0.2, 0.25) is 0 Å². The highest BCUT2D eigenvalue weighted by Gasteiger charge is 1.84. The van der Waals surface area contributed by atoms with Crippen LogP contribution in [-0.4, -0.2) is 13.7 Å². The van der Waals surface area contributed by atoms with Crippen LogP contribution in [0.25, 0.3) is 0 Å². The van der Waals surface area contributed by atoms with E-state index in [1.54, 1.807) is 7.11 Å². The molecule has 3 heteroatoms. The molecule has 0 aromatic rings. The third kappa shape index (κ3) is 4.13. The van der Waals surface area contributed by atoms with Crippen LogP contribution in [0.15, 0.2) is 10.6 Å². The number of ether oxygens (including phenoxy) is 1. The van der Waals surface area contributed by atoms with Gasteiger partial charge in [-0.05, 0) is 0 Å². The van der Waals surface area contributed by atoms with Crippen molar-refractivity contribution >= 4 is 23.2 Å². The zero-order chi connectivity index (χ0) is 5.70. The minimum atomic E-state index is 0.394. The molecule has 0 aliphatic rings. The van der Waals surface area contributed by atoms with Crippen molar-refractivity contribution in [2.75, 3.05) is 13.7 Å². The van der Waals surface area contributed by atoms with Crippen molar-refractivity contribution in [3.8, 4) is 0 Å². The lowest BCUT2D eigenvalue weighted by atomic mass is 10.7. The lowest BCUT2D eigenvalue weighted by Crippen LogP contribution is -1.84. The molecule has 0 N–H and O–H groups in total. The quantitative estimate of drug-likeness (QED) is 0.571. The van der Waals surface area contributed by atoms with Gasteiger partial charge in [-0.1, -0.05) is 23.2 Å². The summed E-state index contributed by atoms with van der Waals surface area (Å²) >= 11 is 10.5. The van der Waals surface area contributed by atoms with E-state index in [2.05, 4.69) is 4.74 Å². The lowest BCUT2D eigenvalue weighted by molar-refractivity contribution is 0.231. The van der Waals surface area contributed by atoms with E-state index in [0.29, 0.717) is 11.6 Å². The molecule has 0 radical (unpaired) electrons. The number of hydrogen-bond donors (Lipinski definition) is 0. The maximum atomic E-state index is 5.37. The first kappa shape index (κ1) is 7.28. The SMILES string of the molecule is COCC(Cl)=CCl. The standard InChI is InChI=1S/C4H6Cl2O/c1-7-3-4(6)2-5/h2H,3H2,1H3. The Kier molecular flexibility index (Phi) is 4.62. The van der Waals surface area contributed by atoms with Gasteiger partial charge in [-0.15, -0.1) is 0 Å². The van der Waals surface area contributed by atoms with Crippen LogP contribution in [0.5, 0.6) is 0 Å². The zero-order valence-electron chi connectivity index (χ0n) is 3.95. The fourth-order valence-electron chi connectivity index (χ4n) is 0.169. The zero-order valence-corrected chi connectivity index (χ0v) is 5.46. The van der Waals surface area contributed by atoms with Crippen LogP contribution < -0.4 is 0 Å². The second-order valence-corrected chi connectivity index (χ2v) is 1.69. The summed E-state index contributed by atoms with van der Waals surface area (Å²) in [5.74, 6) is 0. The van der Waals surface area contributed by atoms with E-state index in [1.807, 2.05) is 0 Å². The van der Waals surface area contributed by atoms with Gasteiger partial charge in [0, 0.05) is 12.6 Å². The maximum absolute atomic E-state index is 5.37. The monoisotopic (exact) mass is 140 g/mol. The molecule has 0 aromatic carbocycles. The third-order valence-electron chi connectivity index (χ3n) is 0.401. The third-order valence-corrected chi connectivity index (χ3v) is 0.994. The summed E-state index contributed by atoms with van der Waals surface area (Å²) in [7, 11) is 1.56. The summed E-state index contributed by atoms with van der Waals surface area (Å²) in [6, 6.07) is 0. The molecule has 0 saturated heterocycles. The van der Waals surface area contributed by atoms with E-state index >= 15 is 0 Å². The smallest absolute Gasteiger partial charge is 0.0828 e. The molecule has 1 nitrogen and oxygen atoms in total. The van der Waals surface area contributed by atoms with Crippen molar-refractivity contribution in [3.63, 3.8) is 0 Å². The average molecular weight is 141 g/mol. The average Bonchev–Trinajstić information content (AvgIpc) is 1.68. The molecule has 0 aliphatic carbocycles. The summed E-state index contributed by atoms with van der Waals surface area (Å²) in [5, 5.41) is 0.518. The van der Waals surface area contributed by atoms with Crippen molar-refractivity contribution in [3.05, 3.63) is 10.6 Å². The Morgan fingerprint density at radius 1 is 1.86 bits per heavy atom. The van der Waals surface area contributed by atoms with Crippen LogP contribution in [0, 0.1) is 0 Å². The molecule has 0 fully saturated rings. The van der Waals surface area contributed by atoms with Crippen LogP contribution in [0.3, 0.4) is 0 Å². The number of halogens is 2. The Labute approximate surface area is 52.9 Å². The first-order chi connectivity index (χ1) is 3.31. The van der Waals surface area contributed by atoms with Gasteiger partial charge in [-0.3, -0.25) is 0 Å². The maximum Gasteiger partial charge on any atom is 0.0828 e. The Morgan fingerprint density at radius 2 is 2.43 bits per heavy atom. The highest BCUT2D eigenvalue weighted by molar-refractivity contribution is 6.36. The van der Waals surface area contributed by atoms with Gasteiger partial charge in [-0.2, -0.15) is 0 Å². The number of hydrogen-bond acceptors (Lipinski definition) is 1. The van der Waals surface area contributed by atoms with Gasteiger partial charge in [0.2, 0.25) is 0 Å². The van der Waals surface area contributed by atoms with E-state index in [9.17, 15) is 0 Å². The Bertz CT molecular complexity index is 70.1. The first-order valence-electron chi connectivity index (χ1n) is 1.75. The van der Waals surface area contributed by atoms with E-state index in [1.165, 1.54) is 5.54 Å². The van der Waals surface area contributed by atoms with Crippen LogP contribution in [0.1, 0.15) is 0 Å². The lowest BCUT2D eigenvalue weighted by Gasteiger charge is -1.89. The van der Waals surface area contributed by atoms with Gasteiger partial charge in [0.15, 0.2) is 0 Å². The van der Waals surface area contributed by atoms with Crippen molar-refractivity contribution in [2.24, 2.45) is 0 Å². The van der Waals surface area contributed by atoms with Crippen molar-refractivity contribution in [2.45, 2.75) is 0 Å². The normalized spacial score (nSPS) is 12.1. The molecule has 0 atom stereocenters. The fraction of sp³-hybridized carbons (Fsp3) is 0.500. The van der Waals surface area contributed by atoms with Gasteiger partial charge in [0.1, 0.15) is 0 Å². The van der Waals surface area contributed by atoms with Crippen molar-refractivity contribution in [1.82, 2.24) is 0 Å². The predicted octanol–water partition coefficient (Wildman–Crippen LogP) is 1.95. The van der Waals surface area contributed by atoms with Gasteiger partial charge in [-0.25, -0.2) is 0 Å². The highest BCUT2D eigenvalue weighted by Crippen LogP contribution is 2.01. The molecule has 0 spiro atoms. The van der Waals surface area contributed by atoms with Gasteiger partial charge in [0.05, 0.1) is 11.6 Å². The Hall–Kier alpha value is 0.280. The molecule has 0 rings (SSSR count). The van der Waals surface area contributed by atoms with E-state index in [-0.39, 0.29) is 0 Å². The molecule has 0 saturated carbocycles. The molecular weight excluding hydrogens is 135 g/mol. The molecule has 7 heavy (non-hydrogen) atoms. The molecular formula is C4H6Cl2O. The minimum Gasteiger partial charge on any atom is -0.379 e. The molecule has 0 amide bonds. The van der Waals surface area contributed by atoms with Gasteiger partial charge >= 0.3 is 0 Å². The minimum absolute atomic E-state index is 0.394. The molecule has 0 aromatic heterocycles. The van der Waals surface area contributed by atoms with Crippen LogP contribution >= 0.6 is 23.2 Å². The summed E-state index contributed by atoms with van der Waals surface area (Å²) in [4.78, 5) is 0. The van der Waals surface area contributed by atoms with Crippen LogP contribution in [0.4, 0.5) is 0 Å². The predicted molar refractivity (Wildman–Crippen MR) is 31.7 cm³/mol. The molecule has 0 aliphatic heterocycles. The van der Waals surface area contributed by atoms with E-state index in [4.69, 9.17) is 23.2 Å². The van der Waals surface area contributed by atoms with Crippen LogP contribution in [-0.2, 0) is 4.74 Å². The highest BCUT2D eigenvalue weighted by atomic mass is 35.5. The fourth-order valence-corrected chi connectivity index (χ4v) is 0.341. The van der Waals surface area contributed by atoms with E-state index in [0.717, 1.165) is 0 Å². The summed E-state index contributed by atoms with van der Waals surface area (Å²) in [6.45, 7) is 0.394. The number of rotatable bonds is 2. The molecule has 0 unspecified atom stereocenters. The van der Waals surface area contributed by atoms with Gasteiger partial charge in [0.25, 0.3) is 0 Å².